The van der Waals surface area contributed by atoms with Gasteiger partial charge in [0.15, 0.2) is 0 Å². The molecule has 0 bridgehead atoms. The van der Waals surface area contributed by atoms with Crippen LogP contribution >= 0.6 is 0 Å². The first-order valence-corrected chi connectivity index (χ1v) is 4.82. The van der Waals surface area contributed by atoms with E-state index in [2.05, 4.69) is 13.8 Å². The average Bonchev–Trinajstić information content (AvgIpc) is 2.41. The summed E-state index contributed by atoms with van der Waals surface area (Å²) in [5, 5.41) is 0. The Kier molecular flexibility index (Phi) is 0.700. The van der Waals surface area contributed by atoms with E-state index in [1.807, 2.05) is 0 Å². The molecule has 1 heterocycles. The quantitative estimate of drug-likeness (QED) is 0.498. The van der Waals surface area contributed by atoms with Crippen LogP contribution in [-0.2, 0) is 9.31 Å². The van der Waals surface area contributed by atoms with Gasteiger partial charge in [-0.3, -0.25) is 0 Å². The van der Waals surface area contributed by atoms with Crippen molar-refractivity contribution in [3.8, 4) is 0 Å². The Hall–Kier alpha value is -0.0151. The van der Waals surface area contributed by atoms with Crippen molar-refractivity contribution in [2.75, 3.05) is 0 Å². The molecule has 12 heavy (non-hydrogen) atoms. The molecular formula is C9H12BO2. The molecule has 2 nitrogen and oxygen atoms in total. The van der Waals surface area contributed by atoms with Crippen molar-refractivity contribution in [1.82, 2.24) is 0 Å². The number of hydrogen-bond acceptors (Lipinski definition) is 2. The van der Waals surface area contributed by atoms with E-state index in [-0.39, 0.29) is 11.2 Å². The lowest BCUT2D eigenvalue weighted by atomic mass is 9.21. The SMILES string of the molecule is CC12C3CC1[C@]1(C)O[B]OC21C3. The standard InChI is InChI=1S/C9H12BO2/c1-7-5-3-6(7)8(2)9(7,4-5)12-10-11-8/h5-6H,3-4H2,1-2H3/t5?,6?,7?,8-,9?/m0/s1. The van der Waals surface area contributed by atoms with Gasteiger partial charge in [-0.05, 0) is 31.6 Å². The summed E-state index contributed by atoms with van der Waals surface area (Å²) in [6.45, 7) is 4.60. The molecule has 0 N–H and O–H groups in total. The number of fused-ring (bicyclic) bond motifs is 1. The van der Waals surface area contributed by atoms with Gasteiger partial charge in [0.1, 0.15) is 0 Å². The van der Waals surface area contributed by atoms with Crippen LogP contribution in [0.3, 0.4) is 0 Å². The van der Waals surface area contributed by atoms with E-state index in [1.54, 1.807) is 7.69 Å². The second-order valence-corrected chi connectivity index (χ2v) is 5.24. The third kappa shape index (κ3) is 0.287. The first kappa shape index (κ1) is 6.44. The minimum Gasteiger partial charge on any atom is -0.405 e. The zero-order valence-corrected chi connectivity index (χ0v) is 7.46. The van der Waals surface area contributed by atoms with Crippen molar-refractivity contribution in [3.05, 3.63) is 0 Å². The van der Waals surface area contributed by atoms with E-state index in [1.165, 1.54) is 12.8 Å². The highest BCUT2D eigenvalue weighted by atomic mass is 16.7. The van der Waals surface area contributed by atoms with E-state index in [0.717, 1.165) is 11.8 Å². The molecule has 3 saturated carbocycles. The van der Waals surface area contributed by atoms with Gasteiger partial charge in [0.2, 0.25) is 0 Å². The van der Waals surface area contributed by atoms with Crippen molar-refractivity contribution in [2.45, 2.75) is 37.9 Å². The highest BCUT2D eigenvalue weighted by molar-refractivity contribution is 6.20. The summed E-state index contributed by atoms with van der Waals surface area (Å²) in [6.07, 6.45) is 2.60. The van der Waals surface area contributed by atoms with Crippen LogP contribution in [0.1, 0.15) is 26.7 Å². The van der Waals surface area contributed by atoms with E-state index in [4.69, 9.17) is 9.31 Å². The Morgan fingerprint density at radius 3 is 2.75 bits per heavy atom. The Balaban J connectivity index is 1.91. The molecule has 3 aliphatic carbocycles. The fourth-order valence-electron chi connectivity index (χ4n) is 4.65. The lowest BCUT2D eigenvalue weighted by molar-refractivity contribution is -0.429. The highest BCUT2D eigenvalue weighted by Gasteiger charge is 2.92. The van der Waals surface area contributed by atoms with Crippen LogP contribution in [0.25, 0.3) is 0 Å². The van der Waals surface area contributed by atoms with Crippen molar-refractivity contribution >= 4 is 7.69 Å². The Morgan fingerprint density at radius 2 is 2.17 bits per heavy atom. The molecule has 1 saturated heterocycles. The predicted octanol–water partition coefficient (Wildman–Crippen LogP) is 1.12. The second-order valence-electron chi connectivity index (χ2n) is 5.24. The van der Waals surface area contributed by atoms with E-state index in [9.17, 15) is 0 Å². The van der Waals surface area contributed by atoms with Gasteiger partial charge >= 0.3 is 7.69 Å². The summed E-state index contributed by atoms with van der Waals surface area (Å²) in [7, 11) is 1.58. The maximum absolute atomic E-state index is 5.70. The smallest absolute Gasteiger partial charge is 0.405 e. The van der Waals surface area contributed by atoms with Gasteiger partial charge in [0, 0.05) is 5.41 Å². The molecule has 4 aliphatic rings. The largest absolute Gasteiger partial charge is 0.489 e. The Morgan fingerprint density at radius 1 is 1.33 bits per heavy atom. The van der Waals surface area contributed by atoms with Gasteiger partial charge in [-0.15, -0.1) is 0 Å². The topological polar surface area (TPSA) is 18.5 Å². The van der Waals surface area contributed by atoms with Gasteiger partial charge in [-0.2, -0.15) is 0 Å². The third-order valence-electron chi connectivity index (χ3n) is 5.51. The predicted molar refractivity (Wildman–Crippen MR) is 43.4 cm³/mol. The molecule has 0 aromatic rings. The summed E-state index contributed by atoms with van der Waals surface area (Å²) in [5.74, 6) is 1.70. The summed E-state index contributed by atoms with van der Waals surface area (Å²) in [5.41, 5.74) is 0.610. The average molecular weight is 163 g/mol. The molecule has 3 heteroatoms. The first-order valence-electron chi connectivity index (χ1n) is 4.82. The lowest BCUT2D eigenvalue weighted by Crippen LogP contribution is -2.92. The molecule has 0 aromatic heterocycles. The van der Waals surface area contributed by atoms with Gasteiger partial charge in [0.25, 0.3) is 0 Å². The molecule has 4 unspecified atom stereocenters. The van der Waals surface area contributed by atoms with Crippen LogP contribution in [0.2, 0.25) is 0 Å². The molecular weight excluding hydrogens is 151 g/mol. The van der Waals surface area contributed by atoms with Crippen LogP contribution in [-0.4, -0.2) is 18.9 Å². The fourth-order valence-corrected chi connectivity index (χ4v) is 4.65. The molecule has 4 fully saturated rings. The zero-order chi connectivity index (χ0) is 8.19. The monoisotopic (exact) mass is 163 g/mol. The van der Waals surface area contributed by atoms with Crippen LogP contribution in [0.15, 0.2) is 0 Å². The van der Waals surface area contributed by atoms with Crippen LogP contribution in [0.4, 0.5) is 0 Å². The summed E-state index contributed by atoms with van der Waals surface area (Å²) in [4.78, 5) is 0. The van der Waals surface area contributed by atoms with E-state index in [0.29, 0.717) is 5.41 Å². The zero-order valence-electron chi connectivity index (χ0n) is 7.46. The van der Waals surface area contributed by atoms with Gasteiger partial charge < -0.3 is 9.31 Å². The van der Waals surface area contributed by atoms with E-state index < -0.39 is 0 Å². The van der Waals surface area contributed by atoms with Crippen molar-refractivity contribution in [3.63, 3.8) is 0 Å². The summed E-state index contributed by atoms with van der Waals surface area (Å²) in [6, 6.07) is 0. The maximum Gasteiger partial charge on any atom is 0.489 e. The number of hydrogen-bond donors (Lipinski definition) is 0. The Labute approximate surface area is 72.9 Å². The maximum atomic E-state index is 5.70. The lowest BCUT2D eigenvalue weighted by Gasteiger charge is -2.87. The normalized spacial score (nSPS) is 75.8. The molecule has 4 rings (SSSR count). The molecule has 5 atom stereocenters. The minimum absolute atomic E-state index is 0.0382. The third-order valence-corrected chi connectivity index (χ3v) is 5.51. The first-order chi connectivity index (χ1) is 5.65. The van der Waals surface area contributed by atoms with Crippen LogP contribution in [0, 0.1) is 17.3 Å². The van der Waals surface area contributed by atoms with Gasteiger partial charge in [-0.1, -0.05) is 6.92 Å². The second kappa shape index (κ2) is 1.30. The summed E-state index contributed by atoms with van der Waals surface area (Å²) < 4.78 is 11.3. The van der Waals surface area contributed by atoms with Crippen molar-refractivity contribution < 1.29 is 9.31 Å². The van der Waals surface area contributed by atoms with Crippen molar-refractivity contribution in [2.24, 2.45) is 17.3 Å². The van der Waals surface area contributed by atoms with Gasteiger partial charge in [-0.25, -0.2) is 0 Å². The molecule has 0 amide bonds. The van der Waals surface area contributed by atoms with Crippen molar-refractivity contribution in [1.29, 1.82) is 0 Å². The summed E-state index contributed by atoms with van der Waals surface area (Å²) >= 11 is 0. The fraction of sp³-hybridized carbons (Fsp3) is 1.00. The molecule has 1 aliphatic heterocycles. The molecule has 1 radical (unpaired) electrons. The highest BCUT2D eigenvalue weighted by Crippen LogP contribution is 2.87. The minimum atomic E-state index is 0.0382. The molecule has 0 aromatic carbocycles. The van der Waals surface area contributed by atoms with Crippen LogP contribution < -0.4 is 0 Å². The molecule has 63 valence electrons. The number of rotatable bonds is 0. The van der Waals surface area contributed by atoms with E-state index >= 15 is 0 Å². The van der Waals surface area contributed by atoms with Gasteiger partial charge in [0.05, 0.1) is 11.2 Å². The Bertz CT molecular complexity index is 294. The van der Waals surface area contributed by atoms with Crippen LogP contribution in [0.5, 0.6) is 0 Å². The molecule has 1 spiro atoms.